The van der Waals surface area contributed by atoms with Gasteiger partial charge in [0.25, 0.3) is 0 Å². The highest BCUT2D eigenvalue weighted by atomic mass is 35.5. The summed E-state index contributed by atoms with van der Waals surface area (Å²) in [7, 11) is 0. The number of fused-ring (bicyclic) bond motifs is 1. The van der Waals surface area contributed by atoms with E-state index in [4.69, 9.17) is 16.3 Å². The number of benzene rings is 1. The van der Waals surface area contributed by atoms with E-state index in [0.29, 0.717) is 17.2 Å². The number of halogens is 1. The van der Waals surface area contributed by atoms with Crippen molar-refractivity contribution < 1.29 is 14.3 Å². The molecule has 0 bridgehead atoms. The number of carbonyl (C=O) groups excluding carboxylic acids is 2. The van der Waals surface area contributed by atoms with E-state index in [1.54, 1.807) is 33.9 Å². The lowest BCUT2D eigenvalue weighted by atomic mass is 10.1. The molecule has 3 aromatic heterocycles. The first-order valence-electron chi connectivity index (χ1n) is 12.1. The number of rotatable bonds is 7. The Morgan fingerprint density at radius 1 is 1.21 bits per heavy atom. The summed E-state index contributed by atoms with van der Waals surface area (Å²) in [5.74, 6) is 0.265. The molecule has 0 aliphatic rings. The van der Waals surface area contributed by atoms with Crippen LogP contribution in [0.25, 0.3) is 11.3 Å². The van der Waals surface area contributed by atoms with E-state index in [-0.39, 0.29) is 23.5 Å². The maximum atomic E-state index is 13.5. The number of hydrogen-bond donors (Lipinski definition) is 1. The zero-order chi connectivity index (χ0) is 27.6. The number of carbonyl (C=O) groups is 2. The Balaban J connectivity index is 1.73. The monoisotopic (exact) mass is 535 g/mol. The Hall–Kier alpha value is -4.18. The maximum absolute atomic E-state index is 13.5. The molecule has 0 radical (unpaired) electrons. The quantitative estimate of drug-likeness (QED) is 0.238. The summed E-state index contributed by atoms with van der Waals surface area (Å²) >= 11 is 6.42. The third kappa shape index (κ3) is 6.03. The van der Waals surface area contributed by atoms with Crippen molar-refractivity contribution in [3.05, 3.63) is 77.9 Å². The van der Waals surface area contributed by atoms with Gasteiger partial charge in [0.05, 0.1) is 36.5 Å². The number of amides is 2. The average Bonchev–Trinajstić information content (AvgIpc) is 3.48. The topological polar surface area (TPSA) is 107 Å². The predicted molar refractivity (Wildman–Crippen MR) is 147 cm³/mol. The van der Waals surface area contributed by atoms with Gasteiger partial charge >= 0.3 is 6.09 Å². The molecule has 38 heavy (non-hydrogen) atoms. The van der Waals surface area contributed by atoms with Crippen molar-refractivity contribution in [3.8, 4) is 5.69 Å². The van der Waals surface area contributed by atoms with Crippen LogP contribution in [0, 0.1) is 0 Å². The lowest BCUT2D eigenvalue weighted by Crippen LogP contribution is -2.37. The normalized spacial score (nSPS) is 11.6. The van der Waals surface area contributed by atoms with E-state index in [9.17, 15) is 9.59 Å². The summed E-state index contributed by atoms with van der Waals surface area (Å²) in [5.41, 5.74) is 2.85. The van der Waals surface area contributed by atoms with Gasteiger partial charge in [0.2, 0.25) is 5.91 Å². The van der Waals surface area contributed by atoms with Crippen LogP contribution < -0.4 is 10.2 Å². The minimum atomic E-state index is -0.721. The van der Waals surface area contributed by atoms with Crippen molar-refractivity contribution in [3.63, 3.8) is 0 Å². The Morgan fingerprint density at radius 2 is 1.97 bits per heavy atom. The Kier molecular flexibility index (Phi) is 7.54. The Morgan fingerprint density at radius 3 is 2.66 bits per heavy atom. The van der Waals surface area contributed by atoms with Crippen LogP contribution in [0.4, 0.5) is 16.3 Å². The number of anilines is 2. The lowest BCUT2D eigenvalue weighted by molar-refractivity contribution is -0.111. The van der Waals surface area contributed by atoms with Crippen molar-refractivity contribution in [2.45, 2.75) is 52.7 Å². The van der Waals surface area contributed by atoms with Gasteiger partial charge in [-0.1, -0.05) is 44.2 Å². The number of ether oxygens (including phenoxy) is 1. The Bertz CT molecular complexity index is 1500. The largest absolute Gasteiger partial charge is 0.443 e. The molecule has 198 valence electrons. The summed E-state index contributed by atoms with van der Waals surface area (Å²) in [6.07, 6.45) is 5.61. The molecule has 2 amide bonds. The zero-order valence-corrected chi connectivity index (χ0v) is 22.7. The zero-order valence-electron chi connectivity index (χ0n) is 22.0. The van der Waals surface area contributed by atoms with Crippen LogP contribution >= 0.6 is 11.6 Å². The van der Waals surface area contributed by atoms with Gasteiger partial charge in [-0.2, -0.15) is 14.7 Å². The van der Waals surface area contributed by atoms with Gasteiger partial charge in [-0.3, -0.25) is 9.69 Å². The highest BCUT2D eigenvalue weighted by molar-refractivity contribution is 6.29. The fraction of sp³-hybridized carbons (Fsp3) is 0.296. The molecule has 0 saturated heterocycles. The van der Waals surface area contributed by atoms with Gasteiger partial charge in [-0.05, 0) is 50.5 Å². The van der Waals surface area contributed by atoms with E-state index in [2.05, 4.69) is 27.1 Å². The summed E-state index contributed by atoms with van der Waals surface area (Å²) in [6, 6.07) is 9.12. The highest BCUT2D eigenvalue weighted by Gasteiger charge is 2.27. The molecule has 0 saturated carbocycles. The van der Waals surface area contributed by atoms with Gasteiger partial charge in [-0.25, -0.2) is 14.5 Å². The van der Waals surface area contributed by atoms with Gasteiger partial charge in [-0.15, -0.1) is 0 Å². The van der Waals surface area contributed by atoms with E-state index >= 15 is 0 Å². The molecule has 0 aliphatic carbocycles. The average molecular weight is 536 g/mol. The van der Waals surface area contributed by atoms with Crippen molar-refractivity contribution >= 4 is 40.8 Å². The molecule has 11 heteroatoms. The van der Waals surface area contributed by atoms with Gasteiger partial charge in [0, 0.05) is 11.6 Å². The molecule has 3 heterocycles. The molecule has 1 aromatic carbocycles. The van der Waals surface area contributed by atoms with Crippen LogP contribution in [0.3, 0.4) is 0 Å². The van der Waals surface area contributed by atoms with Crippen molar-refractivity contribution in [2.24, 2.45) is 0 Å². The summed E-state index contributed by atoms with van der Waals surface area (Å²) < 4.78 is 8.99. The molecule has 1 N–H and O–H groups in total. The molecular weight excluding hydrogens is 506 g/mol. The maximum Gasteiger partial charge on any atom is 0.416 e. The number of hydrogen-bond acceptors (Lipinski definition) is 6. The van der Waals surface area contributed by atoms with E-state index in [1.165, 1.54) is 11.0 Å². The van der Waals surface area contributed by atoms with Crippen LogP contribution in [0.1, 0.15) is 51.7 Å². The molecule has 4 aromatic rings. The molecule has 10 nitrogen and oxygen atoms in total. The van der Waals surface area contributed by atoms with Crippen molar-refractivity contribution in [1.82, 2.24) is 24.4 Å². The molecule has 0 unspecified atom stereocenters. The second kappa shape index (κ2) is 10.7. The molecule has 0 spiro atoms. The third-order valence-electron chi connectivity index (χ3n) is 5.51. The lowest BCUT2D eigenvalue weighted by Gasteiger charge is -2.28. The number of nitrogens with zero attached hydrogens (tertiary/aromatic N) is 6. The Labute approximate surface area is 225 Å². The molecule has 0 fully saturated rings. The second-order valence-electron chi connectivity index (χ2n) is 10.0. The van der Waals surface area contributed by atoms with Crippen molar-refractivity contribution in [2.75, 3.05) is 10.2 Å². The van der Waals surface area contributed by atoms with Gasteiger partial charge in [0.1, 0.15) is 16.6 Å². The van der Waals surface area contributed by atoms with Gasteiger partial charge < -0.3 is 10.1 Å². The third-order valence-corrected chi connectivity index (χ3v) is 5.71. The first-order valence-corrected chi connectivity index (χ1v) is 12.4. The van der Waals surface area contributed by atoms with E-state index < -0.39 is 11.7 Å². The fourth-order valence-electron chi connectivity index (χ4n) is 3.79. The standard InChI is InChI=1S/C27H30ClN7O3/c1-7-23(36)31-19-13-29-34(16-19)20-10-8-9-18(11-20)15-33(26(37)38-27(4,5)6)24-12-22(28)32-25-21(17(2)3)14-30-35(24)25/h7-14,16-17H,1,15H2,2-6H3,(H,31,36). The summed E-state index contributed by atoms with van der Waals surface area (Å²) in [5, 5.41) is 11.8. The van der Waals surface area contributed by atoms with Crippen LogP contribution in [-0.2, 0) is 16.1 Å². The first kappa shape index (κ1) is 26.9. The second-order valence-corrected chi connectivity index (χ2v) is 10.4. The van der Waals surface area contributed by atoms with E-state index in [0.717, 1.165) is 16.8 Å². The molecule has 0 aliphatic heterocycles. The van der Waals surface area contributed by atoms with Gasteiger partial charge in [0.15, 0.2) is 5.65 Å². The van der Waals surface area contributed by atoms with Crippen LogP contribution in [0.2, 0.25) is 5.15 Å². The minimum absolute atomic E-state index is 0.160. The fourth-order valence-corrected chi connectivity index (χ4v) is 3.97. The number of aromatic nitrogens is 5. The van der Waals surface area contributed by atoms with Crippen LogP contribution in [-0.4, -0.2) is 42.0 Å². The smallest absolute Gasteiger partial charge is 0.416 e. The van der Waals surface area contributed by atoms with Crippen LogP contribution in [0.15, 0.2) is 61.6 Å². The number of nitrogens with one attached hydrogen (secondary N) is 1. The molecular formula is C27H30ClN7O3. The first-order chi connectivity index (χ1) is 17.9. The highest BCUT2D eigenvalue weighted by Crippen LogP contribution is 2.28. The summed E-state index contributed by atoms with van der Waals surface area (Å²) in [6.45, 7) is 13.1. The minimum Gasteiger partial charge on any atom is -0.443 e. The van der Waals surface area contributed by atoms with Crippen LogP contribution in [0.5, 0.6) is 0 Å². The predicted octanol–water partition coefficient (Wildman–Crippen LogP) is 5.76. The molecule has 4 rings (SSSR count). The SMILES string of the molecule is C=CC(=O)Nc1cnn(-c2cccc(CN(C(=O)OC(C)(C)C)c3cc(Cl)nc4c(C(C)C)cnn34)c2)c1. The molecule has 0 atom stereocenters. The van der Waals surface area contributed by atoms with E-state index in [1.807, 2.05) is 58.9 Å². The summed E-state index contributed by atoms with van der Waals surface area (Å²) in [4.78, 5) is 31.1. The van der Waals surface area contributed by atoms with Crippen molar-refractivity contribution in [1.29, 1.82) is 0 Å².